The second-order valence-corrected chi connectivity index (χ2v) is 18.1. The molecule has 6 heteroatoms. The van der Waals surface area contributed by atoms with Crippen molar-refractivity contribution in [1.29, 1.82) is 0 Å². The highest BCUT2D eigenvalue weighted by molar-refractivity contribution is 5.71. The van der Waals surface area contributed by atoms with Gasteiger partial charge in [0.05, 0.1) is 11.8 Å². The van der Waals surface area contributed by atoms with Gasteiger partial charge in [-0.1, -0.05) is 121 Å². The van der Waals surface area contributed by atoms with Gasteiger partial charge in [0.1, 0.15) is 11.5 Å². The summed E-state index contributed by atoms with van der Waals surface area (Å²) in [5.41, 5.74) is 2.95. The Morgan fingerprint density at radius 2 is 0.733 bits per heavy atom. The Kier molecular flexibility index (Phi) is 11.0. The molecule has 0 radical (unpaired) electrons. The van der Waals surface area contributed by atoms with E-state index in [0.29, 0.717) is 12.8 Å². The summed E-state index contributed by atoms with van der Waals surface area (Å²) in [6.07, 6.45) is 1.17. The van der Waals surface area contributed by atoms with E-state index in [-0.39, 0.29) is 46.0 Å². The Morgan fingerprint density at radius 3 is 0.911 bits per heavy atom. The lowest BCUT2D eigenvalue weighted by molar-refractivity contribution is -0.143. The van der Waals surface area contributed by atoms with Crippen LogP contribution in [0.15, 0.2) is 24.3 Å². The van der Waals surface area contributed by atoms with Crippen LogP contribution in [0, 0.1) is 17.3 Å². The van der Waals surface area contributed by atoms with Crippen LogP contribution >= 0.6 is 0 Å². The molecule has 2 aromatic rings. The third-order valence-corrected chi connectivity index (χ3v) is 8.83. The second kappa shape index (κ2) is 13.0. The maximum Gasteiger partial charge on any atom is 0.306 e. The number of carboxylic acid groups (broad SMARTS) is 2. The fourth-order valence-corrected chi connectivity index (χ4v) is 6.39. The first-order valence-corrected chi connectivity index (χ1v) is 16.2. The summed E-state index contributed by atoms with van der Waals surface area (Å²) in [6.45, 7) is 28.3. The molecule has 0 heterocycles. The highest BCUT2D eigenvalue weighted by atomic mass is 16.4. The van der Waals surface area contributed by atoms with Gasteiger partial charge in [0, 0.05) is 0 Å². The molecule has 4 N–H and O–H groups in total. The fraction of sp³-hybridized carbons (Fsp3) is 0.641. The molecular formula is C39H60O6. The molecule has 6 nitrogen and oxygen atoms in total. The normalized spacial score (nSPS) is 14.7. The van der Waals surface area contributed by atoms with Crippen LogP contribution in [0.3, 0.4) is 0 Å². The number of hydrogen-bond acceptors (Lipinski definition) is 4. The SMILES string of the molecule is CC(C)(CC(Cc1cc(C(C)(C)C)c(O)c(C(C)(C)C)c1)C(=O)O)CC(Cc1cc(C(C)(C)C)c(O)c(C(C)(C)C)c1)C(=O)O. The van der Waals surface area contributed by atoms with Gasteiger partial charge in [-0.3, -0.25) is 9.59 Å². The van der Waals surface area contributed by atoms with Crippen molar-refractivity contribution >= 4 is 11.9 Å². The summed E-state index contributed by atoms with van der Waals surface area (Å²) in [6, 6.07) is 7.71. The molecule has 2 unspecified atom stereocenters. The van der Waals surface area contributed by atoms with Crippen LogP contribution in [0.1, 0.15) is 143 Å². The number of aromatic hydroxyl groups is 2. The fourth-order valence-electron chi connectivity index (χ4n) is 6.39. The molecule has 0 spiro atoms. The first-order chi connectivity index (χ1) is 20.0. The Labute approximate surface area is 272 Å². The van der Waals surface area contributed by atoms with Crippen LogP contribution in [0.4, 0.5) is 0 Å². The molecule has 0 amide bonds. The van der Waals surface area contributed by atoms with Crippen LogP contribution in [-0.4, -0.2) is 32.4 Å². The molecule has 0 saturated carbocycles. The van der Waals surface area contributed by atoms with Crippen molar-refractivity contribution in [2.24, 2.45) is 17.3 Å². The smallest absolute Gasteiger partial charge is 0.306 e. The predicted octanol–water partition coefficient (Wildman–Crippen LogP) is 9.28. The maximum absolute atomic E-state index is 12.6. The average Bonchev–Trinajstić information content (AvgIpc) is 2.81. The predicted molar refractivity (Wildman–Crippen MR) is 184 cm³/mol. The van der Waals surface area contributed by atoms with Gasteiger partial charge in [-0.2, -0.15) is 0 Å². The molecule has 0 aromatic heterocycles. The molecule has 0 bridgehead atoms. The van der Waals surface area contributed by atoms with Crippen molar-refractivity contribution in [2.75, 3.05) is 0 Å². The molecule has 2 aromatic carbocycles. The summed E-state index contributed by atoms with van der Waals surface area (Å²) in [5, 5.41) is 43.0. The molecule has 252 valence electrons. The van der Waals surface area contributed by atoms with E-state index in [1.165, 1.54) is 0 Å². The Morgan fingerprint density at radius 1 is 0.511 bits per heavy atom. The lowest BCUT2D eigenvalue weighted by atomic mass is 9.72. The minimum atomic E-state index is -0.916. The molecule has 2 atom stereocenters. The van der Waals surface area contributed by atoms with E-state index in [0.717, 1.165) is 33.4 Å². The van der Waals surface area contributed by atoms with Crippen LogP contribution in [0.5, 0.6) is 11.5 Å². The van der Waals surface area contributed by atoms with Crippen LogP contribution < -0.4 is 0 Å². The number of benzene rings is 2. The first-order valence-electron chi connectivity index (χ1n) is 16.2. The zero-order chi connectivity index (χ0) is 35.1. The van der Waals surface area contributed by atoms with Gasteiger partial charge in [0.25, 0.3) is 0 Å². The molecule has 45 heavy (non-hydrogen) atoms. The molecule has 2 rings (SSSR count). The number of rotatable bonds is 10. The topological polar surface area (TPSA) is 115 Å². The molecular weight excluding hydrogens is 564 g/mol. The van der Waals surface area contributed by atoms with Crippen LogP contribution in [-0.2, 0) is 44.1 Å². The molecule has 0 fully saturated rings. The minimum Gasteiger partial charge on any atom is -0.507 e. The van der Waals surface area contributed by atoms with Crippen molar-refractivity contribution in [3.05, 3.63) is 57.6 Å². The third-order valence-electron chi connectivity index (χ3n) is 8.83. The molecule has 0 aliphatic heterocycles. The zero-order valence-corrected chi connectivity index (χ0v) is 30.4. The van der Waals surface area contributed by atoms with Gasteiger partial charge in [-0.05, 0) is 86.1 Å². The highest BCUT2D eigenvalue weighted by Crippen LogP contribution is 2.43. The largest absolute Gasteiger partial charge is 0.507 e. The summed E-state index contributed by atoms with van der Waals surface area (Å²) < 4.78 is 0. The van der Waals surface area contributed by atoms with Crippen molar-refractivity contribution in [2.45, 2.75) is 144 Å². The van der Waals surface area contributed by atoms with Crippen LogP contribution in [0.2, 0.25) is 0 Å². The minimum absolute atomic E-state index is 0.258. The van der Waals surface area contributed by atoms with E-state index >= 15 is 0 Å². The monoisotopic (exact) mass is 624 g/mol. The van der Waals surface area contributed by atoms with Gasteiger partial charge in [0.2, 0.25) is 0 Å². The van der Waals surface area contributed by atoms with Crippen molar-refractivity contribution in [1.82, 2.24) is 0 Å². The van der Waals surface area contributed by atoms with E-state index in [2.05, 4.69) is 0 Å². The number of carboxylic acids is 2. The lowest BCUT2D eigenvalue weighted by Gasteiger charge is -2.32. The standard InChI is InChI=1S/C39H60O6/c1-35(2,3)27-17-23(18-28(31(27)40)36(4,5)6)15-25(33(42)43)21-39(13,14)22-26(34(44)45)16-24-19-29(37(7,8)9)32(41)30(20-24)38(10,11)12/h17-20,25-26,40-41H,15-16,21-22H2,1-14H3,(H,42,43)(H,44,45). The Bertz CT molecular complexity index is 1210. The zero-order valence-electron chi connectivity index (χ0n) is 30.4. The number of hydrogen-bond donors (Lipinski definition) is 4. The van der Waals surface area contributed by atoms with E-state index < -0.39 is 29.2 Å². The van der Waals surface area contributed by atoms with Crippen molar-refractivity contribution in [3.8, 4) is 11.5 Å². The highest BCUT2D eigenvalue weighted by Gasteiger charge is 2.35. The summed E-state index contributed by atoms with van der Waals surface area (Å²) >= 11 is 0. The van der Waals surface area contributed by atoms with E-state index in [4.69, 9.17) is 0 Å². The number of carbonyl (C=O) groups is 2. The van der Waals surface area contributed by atoms with E-state index in [1.54, 1.807) is 0 Å². The Balaban J connectivity index is 2.45. The number of aliphatic carboxylic acids is 2. The first kappa shape index (κ1) is 38.2. The molecule has 0 aliphatic rings. The van der Waals surface area contributed by atoms with E-state index in [1.807, 2.05) is 121 Å². The van der Waals surface area contributed by atoms with Gasteiger partial charge < -0.3 is 20.4 Å². The van der Waals surface area contributed by atoms with Gasteiger partial charge in [-0.15, -0.1) is 0 Å². The van der Waals surface area contributed by atoms with Crippen molar-refractivity contribution < 1.29 is 30.0 Å². The summed E-state index contributed by atoms with van der Waals surface area (Å²) in [5.74, 6) is -2.77. The maximum atomic E-state index is 12.6. The number of phenols is 2. The summed E-state index contributed by atoms with van der Waals surface area (Å²) in [4.78, 5) is 25.3. The third kappa shape index (κ3) is 9.98. The van der Waals surface area contributed by atoms with Gasteiger partial charge >= 0.3 is 11.9 Å². The molecule has 0 aliphatic carbocycles. The average molecular weight is 625 g/mol. The van der Waals surface area contributed by atoms with Crippen molar-refractivity contribution in [3.63, 3.8) is 0 Å². The quantitative estimate of drug-likeness (QED) is 0.209. The van der Waals surface area contributed by atoms with E-state index in [9.17, 15) is 30.0 Å². The Hall–Kier alpha value is -3.02. The van der Waals surface area contributed by atoms with Gasteiger partial charge in [0.15, 0.2) is 0 Å². The second-order valence-electron chi connectivity index (χ2n) is 18.1. The summed E-state index contributed by atoms with van der Waals surface area (Å²) in [7, 11) is 0. The lowest BCUT2D eigenvalue weighted by Crippen LogP contribution is -2.30. The molecule has 0 saturated heterocycles. The van der Waals surface area contributed by atoms with Gasteiger partial charge in [-0.25, -0.2) is 0 Å². The van der Waals surface area contributed by atoms with Crippen LogP contribution in [0.25, 0.3) is 0 Å². The number of phenolic OH excluding ortho intramolecular Hbond substituents is 2.